The number of pyridine rings is 1. The molecule has 9 heteroatoms. The number of carbonyl (C=O) groups is 2. The van der Waals surface area contributed by atoms with E-state index in [4.69, 9.17) is 4.74 Å². The first-order valence-corrected chi connectivity index (χ1v) is 10.9. The van der Waals surface area contributed by atoms with E-state index in [-0.39, 0.29) is 11.3 Å². The maximum Gasteiger partial charge on any atom is 0.387 e. The fourth-order valence-electron chi connectivity index (χ4n) is 3.27. The van der Waals surface area contributed by atoms with Crippen LogP contribution in [0.2, 0.25) is 0 Å². The number of alkyl halides is 2. The predicted molar refractivity (Wildman–Crippen MR) is 127 cm³/mol. The Balaban J connectivity index is 1.48. The highest BCUT2D eigenvalue weighted by atomic mass is 79.9. The van der Waals surface area contributed by atoms with Crippen LogP contribution in [-0.2, 0) is 9.53 Å². The molecular formula is C25H17BrF2N2O4. The fourth-order valence-corrected chi connectivity index (χ4v) is 3.66. The van der Waals surface area contributed by atoms with Gasteiger partial charge in [-0.1, -0.05) is 46.3 Å². The average molecular weight is 527 g/mol. The minimum absolute atomic E-state index is 0.0368. The molecule has 3 aromatic carbocycles. The first kappa shape index (κ1) is 23.3. The quantitative estimate of drug-likeness (QED) is 0.296. The normalized spacial score (nSPS) is 10.8. The van der Waals surface area contributed by atoms with Crippen LogP contribution in [0.25, 0.3) is 22.2 Å². The van der Waals surface area contributed by atoms with Crippen LogP contribution in [0.1, 0.15) is 10.4 Å². The molecule has 6 nitrogen and oxygen atoms in total. The molecule has 0 radical (unpaired) electrons. The predicted octanol–water partition coefficient (Wildman–Crippen LogP) is 6.06. The standard InChI is InChI=1S/C25H17BrF2N2O4/c26-16-5-3-4-15(12-16)22-13-20(19-6-1-2-7-21(19)30-22)24(32)33-14-23(31)29-17-8-10-18(11-9-17)34-25(27)28/h1-13,25H,14H2,(H,29,31). The Hall–Kier alpha value is -3.85. The molecule has 4 rings (SSSR count). The summed E-state index contributed by atoms with van der Waals surface area (Å²) in [6.07, 6.45) is 0. The van der Waals surface area contributed by atoms with Gasteiger partial charge in [0.05, 0.1) is 16.8 Å². The van der Waals surface area contributed by atoms with Gasteiger partial charge in [-0.3, -0.25) is 4.79 Å². The van der Waals surface area contributed by atoms with Gasteiger partial charge in [-0.05, 0) is 48.5 Å². The second kappa shape index (κ2) is 10.4. The molecule has 1 aromatic heterocycles. The van der Waals surface area contributed by atoms with Crippen molar-refractivity contribution >= 4 is 44.4 Å². The van der Waals surface area contributed by atoms with Gasteiger partial charge in [0, 0.05) is 21.1 Å². The number of hydrogen-bond acceptors (Lipinski definition) is 5. The van der Waals surface area contributed by atoms with Gasteiger partial charge in [0.2, 0.25) is 0 Å². The third-order valence-electron chi connectivity index (χ3n) is 4.75. The van der Waals surface area contributed by atoms with Crippen LogP contribution in [0.4, 0.5) is 14.5 Å². The fraction of sp³-hybridized carbons (Fsp3) is 0.0800. The highest BCUT2D eigenvalue weighted by Gasteiger charge is 2.17. The number of esters is 1. The minimum Gasteiger partial charge on any atom is -0.452 e. The van der Waals surface area contributed by atoms with Crippen molar-refractivity contribution in [3.05, 3.63) is 88.9 Å². The van der Waals surface area contributed by atoms with Crippen LogP contribution < -0.4 is 10.1 Å². The van der Waals surface area contributed by atoms with Gasteiger partial charge in [0.15, 0.2) is 6.61 Å². The Morgan fingerprint density at radius 1 is 0.971 bits per heavy atom. The van der Waals surface area contributed by atoms with Crippen LogP contribution in [0.5, 0.6) is 5.75 Å². The number of nitrogens with zero attached hydrogens (tertiary/aromatic N) is 1. The molecule has 0 unspecified atom stereocenters. The molecule has 0 fully saturated rings. The summed E-state index contributed by atoms with van der Waals surface area (Å²) in [5.74, 6) is -1.29. The number of carbonyl (C=O) groups excluding carboxylic acids is 2. The van der Waals surface area contributed by atoms with E-state index in [1.807, 2.05) is 30.3 Å². The number of amides is 1. The molecular weight excluding hydrogens is 510 g/mol. The van der Waals surface area contributed by atoms with Crippen LogP contribution in [0.15, 0.2) is 83.3 Å². The van der Waals surface area contributed by atoms with Crippen molar-refractivity contribution in [1.29, 1.82) is 0 Å². The van der Waals surface area contributed by atoms with Gasteiger partial charge >= 0.3 is 12.6 Å². The maximum absolute atomic E-state index is 12.9. The lowest BCUT2D eigenvalue weighted by Gasteiger charge is -2.11. The summed E-state index contributed by atoms with van der Waals surface area (Å²) >= 11 is 3.43. The first-order valence-electron chi connectivity index (χ1n) is 10.1. The minimum atomic E-state index is -2.94. The van der Waals surface area contributed by atoms with E-state index in [0.717, 1.165) is 10.0 Å². The molecule has 0 aliphatic rings. The van der Waals surface area contributed by atoms with Crippen molar-refractivity contribution in [3.8, 4) is 17.0 Å². The van der Waals surface area contributed by atoms with E-state index in [1.54, 1.807) is 24.3 Å². The summed E-state index contributed by atoms with van der Waals surface area (Å²) in [6, 6.07) is 21.7. The van der Waals surface area contributed by atoms with Gasteiger partial charge in [0.1, 0.15) is 5.75 Å². The second-order valence-electron chi connectivity index (χ2n) is 7.11. The molecule has 0 aliphatic heterocycles. The number of aromatic nitrogens is 1. The lowest BCUT2D eigenvalue weighted by molar-refractivity contribution is -0.119. The van der Waals surface area contributed by atoms with Crippen LogP contribution in [0.3, 0.4) is 0 Å². The highest BCUT2D eigenvalue weighted by Crippen LogP contribution is 2.27. The number of ether oxygens (including phenoxy) is 2. The number of rotatable bonds is 7. The number of hydrogen-bond donors (Lipinski definition) is 1. The molecule has 172 valence electrons. The van der Waals surface area contributed by atoms with Gasteiger partial charge in [-0.2, -0.15) is 8.78 Å². The Morgan fingerprint density at radius 2 is 1.74 bits per heavy atom. The Bertz CT molecular complexity index is 1350. The maximum atomic E-state index is 12.9. The monoisotopic (exact) mass is 526 g/mol. The summed E-state index contributed by atoms with van der Waals surface area (Å²) in [6.45, 7) is -3.47. The van der Waals surface area contributed by atoms with Crippen molar-refractivity contribution in [3.63, 3.8) is 0 Å². The van der Waals surface area contributed by atoms with Crippen LogP contribution >= 0.6 is 15.9 Å². The van der Waals surface area contributed by atoms with Gasteiger partial charge in [-0.15, -0.1) is 0 Å². The molecule has 1 heterocycles. The Labute approximate surface area is 201 Å². The molecule has 0 bridgehead atoms. The molecule has 0 saturated heterocycles. The van der Waals surface area contributed by atoms with E-state index < -0.39 is 25.1 Å². The summed E-state index contributed by atoms with van der Waals surface area (Å²) in [5.41, 5.74) is 2.63. The van der Waals surface area contributed by atoms with Crippen LogP contribution in [0, 0.1) is 0 Å². The third-order valence-corrected chi connectivity index (χ3v) is 5.25. The van der Waals surface area contributed by atoms with Gasteiger partial charge in [-0.25, -0.2) is 9.78 Å². The zero-order valence-electron chi connectivity index (χ0n) is 17.5. The molecule has 1 amide bonds. The van der Waals surface area contributed by atoms with E-state index in [9.17, 15) is 18.4 Å². The average Bonchev–Trinajstić information content (AvgIpc) is 2.83. The lowest BCUT2D eigenvalue weighted by atomic mass is 10.0. The van der Waals surface area contributed by atoms with E-state index >= 15 is 0 Å². The SMILES string of the molecule is O=C(COC(=O)c1cc(-c2cccc(Br)c2)nc2ccccc12)Nc1ccc(OC(F)F)cc1. The molecule has 0 spiro atoms. The highest BCUT2D eigenvalue weighted by molar-refractivity contribution is 9.10. The number of anilines is 1. The van der Waals surface area contributed by atoms with Crippen molar-refractivity contribution in [2.75, 3.05) is 11.9 Å². The molecule has 0 aliphatic carbocycles. The van der Waals surface area contributed by atoms with Crippen molar-refractivity contribution < 1.29 is 27.8 Å². The number of halogens is 3. The molecule has 0 atom stereocenters. The van der Waals surface area contributed by atoms with Crippen LogP contribution in [-0.4, -0.2) is 30.1 Å². The largest absolute Gasteiger partial charge is 0.452 e. The summed E-state index contributed by atoms with van der Waals surface area (Å²) in [7, 11) is 0. The Kier molecular flexibility index (Phi) is 7.12. The number of para-hydroxylation sites is 1. The topological polar surface area (TPSA) is 77.5 Å². The summed E-state index contributed by atoms with van der Waals surface area (Å²) < 4.78 is 34.9. The molecule has 34 heavy (non-hydrogen) atoms. The van der Waals surface area contributed by atoms with Gasteiger partial charge < -0.3 is 14.8 Å². The van der Waals surface area contributed by atoms with Crippen molar-refractivity contribution in [2.24, 2.45) is 0 Å². The molecule has 4 aromatic rings. The zero-order chi connectivity index (χ0) is 24.1. The smallest absolute Gasteiger partial charge is 0.387 e. The van der Waals surface area contributed by atoms with E-state index in [1.165, 1.54) is 24.3 Å². The molecule has 1 N–H and O–H groups in total. The molecule has 0 saturated carbocycles. The number of fused-ring (bicyclic) bond motifs is 1. The first-order chi connectivity index (χ1) is 16.4. The second-order valence-corrected chi connectivity index (χ2v) is 8.03. The summed E-state index contributed by atoms with van der Waals surface area (Å²) in [4.78, 5) is 29.8. The van der Waals surface area contributed by atoms with Crippen molar-refractivity contribution in [1.82, 2.24) is 4.98 Å². The number of benzene rings is 3. The Morgan fingerprint density at radius 3 is 2.47 bits per heavy atom. The third kappa shape index (κ3) is 5.74. The van der Waals surface area contributed by atoms with Gasteiger partial charge in [0.25, 0.3) is 5.91 Å². The lowest BCUT2D eigenvalue weighted by Crippen LogP contribution is -2.21. The number of nitrogens with one attached hydrogen (secondary N) is 1. The van der Waals surface area contributed by atoms with Crippen molar-refractivity contribution in [2.45, 2.75) is 6.61 Å². The zero-order valence-corrected chi connectivity index (χ0v) is 19.1. The van der Waals surface area contributed by atoms with E-state index in [0.29, 0.717) is 22.3 Å². The van der Waals surface area contributed by atoms with E-state index in [2.05, 4.69) is 31.0 Å². The summed E-state index contributed by atoms with van der Waals surface area (Å²) in [5, 5.41) is 3.13.